The van der Waals surface area contributed by atoms with Crippen molar-refractivity contribution in [3.63, 3.8) is 0 Å². The van der Waals surface area contributed by atoms with Crippen LogP contribution in [0.1, 0.15) is 54.2 Å². The lowest BCUT2D eigenvalue weighted by molar-refractivity contribution is -0.149. The van der Waals surface area contributed by atoms with Crippen LogP contribution in [0.25, 0.3) is 11.3 Å². The Bertz CT molecular complexity index is 1510. The quantitative estimate of drug-likeness (QED) is 0.244. The number of aromatic nitrogens is 1. The third-order valence-electron chi connectivity index (χ3n) is 6.88. The first-order valence-electron chi connectivity index (χ1n) is 13.4. The van der Waals surface area contributed by atoms with Gasteiger partial charge in [-0.25, -0.2) is 4.39 Å². The van der Waals surface area contributed by atoms with E-state index >= 15 is 0 Å². The number of pyridine rings is 1. The summed E-state index contributed by atoms with van der Waals surface area (Å²) in [6.45, 7) is 2.00. The summed E-state index contributed by atoms with van der Waals surface area (Å²) in [6, 6.07) is 10.7. The van der Waals surface area contributed by atoms with Crippen molar-refractivity contribution in [1.29, 1.82) is 0 Å². The second-order valence-electron chi connectivity index (χ2n) is 10.7. The molecule has 4 N–H and O–H groups in total. The van der Waals surface area contributed by atoms with E-state index in [0.29, 0.717) is 5.75 Å². The molecule has 1 heterocycles. The van der Waals surface area contributed by atoms with Gasteiger partial charge < -0.3 is 25.8 Å². The second kappa shape index (κ2) is 12.8. The largest absolute Gasteiger partial charge is 0.493 e. The molecule has 2 amide bonds. The van der Waals surface area contributed by atoms with Gasteiger partial charge >= 0.3 is 6.18 Å². The summed E-state index contributed by atoms with van der Waals surface area (Å²) in [5.74, 6) is -3.52. The van der Waals surface area contributed by atoms with E-state index in [1.54, 1.807) is 13.8 Å². The summed E-state index contributed by atoms with van der Waals surface area (Å²) < 4.78 is 68.4. The molecule has 3 aromatic rings. The smallest absolute Gasteiger partial charge is 0.398 e. The van der Waals surface area contributed by atoms with Gasteiger partial charge in [0.15, 0.2) is 11.5 Å². The molecule has 0 spiro atoms. The van der Waals surface area contributed by atoms with Crippen LogP contribution in [-0.4, -0.2) is 49.3 Å². The summed E-state index contributed by atoms with van der Waals surface area (Å²) >= 11 is 5.94. The monoisotopic (exact) mass is 622 g/mol. The molecule has 8 nitrogen and oxygen atoms in total. The average Bonchev–Trinajstić information content (AvgIpc) is 3.77. The molecule has 43 heavy (non-hydrogen) atoms. The van der Waals surface area contributed by atoms with E-state index < -0.39 is 47.5 Å². The zero-order chi connectivity index (χ0) is 31.5. The maximum atomic E-state index is 14.5. The highest BCUT2D eigenvalue weighted by Crippen LogP contribution is 2.38. The number of alkyl halides is 3. The Kier molecular flexibility index (Phi) is 9.50. The molecular formula is C30H31ClF4N4O4. The van der Waals surface area contributed by atoms with Crippen LogP contribution in [0.3, 0.4) is 0 Å². The minimum atomic E-state index is -4.83. The number of hydrogen-bond acceptors (Lipinski definition) is 6. The fraction of sp³-hybridized carbons (Fsp3) is 0.367. The Labute approximate surface area is 250 Å². The number of halogens is 5. The highest BCUT2D eigenvalue weighted by atomic mass is 35.5. The fourth-order valence-corrected chi connectivity index (χ4v) is 4.50. The second-order valence-corrected chi connectivity index (χ2v) is 11.1. The van der Waals surface area contributed by atoms with Crippen molar-refractivity contribution >= 4 is 23.4 Å². The van der Waals surface area contributed by atoms with Gasteiger partial charge in [-0.1, -0.05) is 11.6 Å². The Hall–Kier alpha value is -3.90. The van der Waals surface area contributed by atoms with Gasteiger partial charge in [-0.3, -0.25) is 14.6 Å². The minimum absolute atomic E-state index is 0.0565. The number of hydrogen-bond donors (Lipinski definition) is 3. The molecule has 1 aliphatic rings. The molecule has 1 saturated carbocycles. The Morgan fingerprint density at radius 1 is 1.09 bits per heavy atom. The summed E-state index contributed by atoms with van der Waals surface area (Å²) in [5, 5.41) is 4.78. The number of nitrogens with zero attached hydrogens (tertiary/aromatic N) is 1. The van der Waals surface area contributed by atoms with Gasteiger partial charge in [0.2, 0.25) is 5.91 Å². The summed E-state index contributed by atoms with van der Waals surface area (Å²) in [5.41, 5.74) is 4.49. The molecule has 4 rings (SSSR count). The van der Waals surface area contributed by atoms with Crippen molar-refractivity contribution in [2.24, 2.45) is 5.73 Å². The Morgan fingerprint density at radius 2 is 1.81 bits per heavy atom. The van der Waals surface area contributed by atoms with E-state index in [1.165, 1.54) is 49.6 Å². The average molecular weight is 623 g/mol. The van der Waals surface area contributed by atoms with Crippen molar-refractivity contribution in [2.75, 3.05) is 20.2 Å². The number of nitrogens with two attached hydrogens (primary N) is 1. The summed E-state index contributed by atoms with van der Waals surface area (Å²) in [6.07, 6.45) is -2.94. The van der Waals surface area contributed by atoms with Crippen LogP contribution in [0.2, 0.25) is 5.02 Å². The number of methoxy groups -OCH3 is 1. The third-order valence-corrected chi connectivity index (χ3v) is 7.17. The van der Waals surface area contributed by atoms with Gasteiger partial charge in [0.1, 0.15) is 11.7 Å². The summed E-state index contributed by atoms with van der Waals surface area (Å²) in [7, 11) is 1.40. The molecule has 0 aliphatic heterocycles. The van der Waals surface area contributed by atoms with Crippen LogP contribution in [0.15, 0.2) is 48.5 Å². The van der Waals surface area contributed by atoms with Crippen LogP contribution < -0.4 is 25.8 Å². The molecule has 230 valence electrons. The van der Waals surface area contributed by atoms with Gasteiger partial charge in [-0.15, -0.1) is 0 Å². The Morgan fingerprint density at radius 3 is 2.42 bits per heavy atom. The van der Waals surface area contributed by atoms with Crippen LogP contribution in [-0.2, 0) is 10.3 Å². The topological polar surface area (TPSA) is 116 Å². The first-order valence-corrected chi connectivity index (χ1v) is 13.8. The molecular weight excluding hydrogens is 592 g/mol. The molecule has 0 radical (unpaired) electrons. The third kappa shape index (κ3) is 7.94. The normalized spacial score (nSPS) is 14.2. The van der Waals surface area contributed by atoms with Gasteiger partial charge in [0.25, 0.3) is 5.91 Å². The van der Waals surface area contributed by atoms with Gasteiger partial charge in [-0.2, -0.15) is 13.2 Å². The van der Waals surface area contributed by atoms with Crippen LogP contribution in [0, 0.1) is 5.82 Å². The van der Waals surface area contributed by atoms with E-state index in [4.69, 9.17) is 26.8 Å². The number of carbonyl (C=O) groups excluding carboxylic acids is 2. The first kappa shape index (κ1) is 32.0. The Balaban J connectivity index is 1.69. The van der Waals surface area contributed by atoms with Crippen LogP contribution >= 0.6 is 11.6 Å². The number of benzene rings is 2. The van der Waals surface area contributed by atoms with Crippen molar-refractivity contribution in [2.45, 2.75) is 50.4 Å². The number of carbonyl (C=O) groups is 2. The van der Waals surface area contributed by atoms with Gasteiger partial charge in [0.05, 0.1) is 41.7 Å². The van der Waals surface area contributed by atoms with Crippen molar-refractivity contribution in [3.8, 4) is 22.8 Å². The molecule has 1 unspecified atom stereocenters. The zero-order valence-corrected chi connectivity index (χ0v) is 24.4. The fourth-order valence-electron chi connectivity index (χ4n) is 4.32. The maximum absolute atomic E-state index is 14.5. The van der Waals surface area contributed by atoms with Crippen molar-refractivity contribution in [3.05, 3.63) is 76.2 Å². The van der Waals surface area contributed by atoms with Gasteiger partial charge in [-0.05, 0) is 80.8 Å². The molecule has 2 aromatic carbocycles. The molecule has 13 heteroatoms. The predicted octanol–water partition coefficient (Wildman–Crippen LogP) is 5.48. The number of nitrogens with one attached hydrogen (secondary N) is 2. The van der Waals surface area contributed by atoms with Crippen LogP contribution in [0.5, 0.6) is 11.5 Å². The van der Waals surface area contributed by atoms with E-state index in [1.807, 2.05) is 0 Å². The van der Waals surface area contributed by atoms with Gasteiger partial charge in [0, 0.05) is 17.7 Å². The lowest BCUT2D eigenvalue weighted by Gasteiger charge is -2.29. The van der Waals surface area contributed by atoms with E-state index in [0.717, 1.165) is 18.9 Å². The zero-order valence-electron chi connectivity index (χ0n) is 23.6. The first-order chi connectivity index (χ1) is 20.2. The van der Waals surface area contributed by atoms with Crippen LogP contribution in [0.4, 0.5) is 17.6 Å². The molecule has 1 aliphatic carbocycles. The summed E-state index contributed by atoms with van der Waals surface area (Å²) in [4.78, 5) is 29.3. The highest BCUT2D eigenvalue weighted by Gasteiger charge is 2.43. The molecule has 1 fully saturated rings. The highest BCUT2D eigenvalue weighted by molar-refractivity contribution is 6.31. The molecule has 1 aromatic heterocycles. The van der Waals surface area contributed by atoms with Crippen molar-refractivity contribution in [1.82, 2.24) is 15.6 Å². The molecule has 1 atom stereocenters. The number of amides is 2. The van der Waals surface area contributed by atoms with Crippen molar-refractivity contribution < 1.29 is 36.6 Å². The predicted molar refractivity (Wildman–Crippen MR) is 153 cm³/mol. The number of rotatable bonds is 11. The number of ether oxygens (including phenoxy) is 2. The minimum Gasteiger partial charge on any atom is -0.493 e. The lowest BCUT2D eigenvalue weighted by Crippen LogP contribution is -2.44. The van der Waals surface area contributed by atoms with E-state index in [-0.39, 0.29) is 45.8 Å². The van der Waals surface area contributed by atoms with E-state index in [9.17, 15) is 27.2 Å². The SMILES string of the molecule is COc1cc(C(=O)NCC(c2cc(C(C)(C)NC(=O)CN)cc(-c3ccc(F)c(Cl)c3)n2)C(F)(F)F)ccc1OC1CC1. The molecule has 0 saturated heterocycles. The molecule has 0 bridgehead atoms. The maximum Gasteiger partial charge on any atom is 0.398 e. The lowest BCUT2D eigenvalue weighted by atomic mass is 9.90. The standard InChI is InChI=1S/C30H31ClF4N4O4/c1-29(2,39-27(40)14-36)18-12-23(16-4-8-22(32)21(31)10-16)38-24(13-18)20(30(33,34)35)15-37-28(41)17-5-9-25(26(11-17)42-3)43-19-6-7-19/h4-5,8-13,19-20H,6-7,14-15,36H2,1-3H3,(H,37,41)(H,39,40). The van der Waals surface area contributed by atoms with E-state index in [2.05, 4.69) is 15.6 Å².